The van der Waals surface area contributed by atoms with Gasteiger partial charge >= 0.3 is 0 Å². The van der Waals surface area contributed by atoms with Crippen LogP contribution in [0.3, 0.4) is 0 Å². The Bertz CT molecular complexity index is 980. The quantitative estimate of drug-likeness (QED) is 0.658. The van der Waals surface area contributed by atoms with Crippen molar-refractivity contribution in [2.24, 2.45) is 0 Å². The topological polar surface area (TPSA) is 73.6 Å². The molecule has 148 valence electrons. The lowest BCUT2D eigenvalue weighted by Crippen LogP contribution is -2.35. The second-order valence-corrected chi connectivity index (χ2v) is 6.26. The Labute approximate surface area is 160 Å². The highest BCUT2D eigenvalue weighted by molar-refractivity contribution is 5.77. The number of amides is 1. The van der Waals surface area contributed by atoms with E-state index >= 15 is 0 Å². The lowest BCUT2D eigenvalue weighted by molar-refractivity contribution is -0.119. The number of halogens is 2. The lowest BCUT2D eigenvalue weighted by atomic mass is 10.2. The SMILES string of the molecule is CCOc1c(F)cc(-c2nc3ccc(OC[C@H](C)NC(C)=O)cc3o2)cc1F. The van der Waals surface area contributed by atoms with Gasteiger partial charge in [-0.1, -0.05) is 0 Å². The normalized spacial score (nSPS) is 12.0. The van der Waals surface area contributed by atoms with E-state index in [-0.39, 0.29) is 36.6 Å². The van der Waals surface area contributed by atoms with Crippen molar-refractivity contribution in [3.8, 4) is 23.0 Å². The zero-order valence-corrected chi connectivity index (χ0v) is 15.7. The molecule has 0 aliphatic carbocycles. The molecule has 6 nitrogen and oxygen atoms in total. The fourth-order valence-corrected chi connectivity index (χ4v) is 2.69. The van der Waals surface area contributed by atoms with Crippen LogP contribution >= 0.6 is 0 Å². The predicted molar refractivity (Wildman–Crippen MR) is 99.3 cm³/mol. The van der Waals surface area contributed by atoms with Crippen LogP contribution in [0.4, 0.5) is 8.78 Å². The lowest BCUT2D eigenvalue weighted by Gasteiger charge is -2.13. The summed E-state index contributed by atoms with van der Waals surface area (Å²) < 4.78 is 44.4. The van der Waals surface area contributed by atoms with Gasteiger partial charge in [-0.25, -0.2) is 13.8 Å². The zero-order chi connectivity index (χ0) is 20.3. The standard InChI is InChI=1S/C20H20F2N2O4/c1-4-26-19-15(21)7-13(8-16(19)22)20-24-17-6-5-14(9-18(17)28-20)27-10-11(2)23-12(3)25/h5-9,11H,4,10H2,1-3H3,(H,23,25)/t11-/m0/s1. The molecular formula is C20H20F2N2O4. The third-order valence-electron chi connectivity index (χ3n) is 3.84. The van der Waals surface area contributed by atoms with Gasteiger partial charge in [0.15, 0.2) is 23.0 Å². The molecule has 1 atom stereocenters. The van der Waals surface area contributed by atoms with Crippen molar-refractivity contribution in [3.05, 3.63) is 42.0 Å². The molecule has 3 aromatic rings. The van der Waals surface area contributed by atoms with Crippen molar-refractivity contribution >= 4 is 17.0 Å². The maximum absolute atomic E-state index is 14.1. The summed E-state index contributed by atoms with van der Waals surface area (Å²) in [5, 5.41) is 2.72. The van der Waals surface area contributed by atoms with E-state index in [1.54, 1.807) is 25.1 Å². The van der Waals surface area contributed by atoms with Gasteiger partial charge in [-0.15, -0.1) is 0 Å². The van der Waals surface area contributed by atoms with E-state index in [2.05, 4.69) is 10.3 Å². The molecule has 0 radical (unpaired) electrons. The molecule has 0 unspecified atom stereocenters. The van der Waals surface area contributed by atoms with Gasteiger partial charge in [0.05, 0.1) is 12.6 Å². The fourth-order valence-electron chi connectivity index (χ4n) is 2.69. The van der Waals surface area contributed by atoms with Gasteiger partial charge in [-0.05, 0) is 38.1 Å². The molecule has 1 amide bonds. The third kappa shape index (κ3) is 4.39. The molecule has 0 saturated heterocycles. The summed E-state index contributed by atoms with van der Waals surface area (Å²) in [7, 11) is 0. The van der Waals surface area contributed by atoms with Crippen LogP contribution in [0.2, 0.25) is 0 Å². The maximum atomic E-state index is 14.1. The number of rotatable bonds is 7. The fraction of sp³-hybridized carbons (Fsp3) is 0.300. The first-order valence-corrected chi connectivity index (χ1v) is 8.80. The minimum atomic E-state index is -0.824. The van der Waals surface area contributed by atoms with Crippen LogP contribution in [0.25, 0.3) is 22.6 Å². The monoisotopic (exact) mass is 390 g/mol. The van der Waals surface area contributed by atoms with E-state index in [0.717, 1.165) is 12.1 Å². The Kier molecular flexibility index (Phi) is 5.77. The van der Waals surface area contributed by atoms with Gasteiger partial charge in [0.2, 0.25) is 11.8 Å². The first kappa shape index (κ1) is 19.6. The van der Waals surface area contributed by atoms with E-state index in [4.69, 9.17) is 13.9 Å². The number of carbonyl (C=O) groups excluding carboxylic acids is 1. The minimum absolute atomic E-state index is 0.0830. The average Bonchev–Trinajstić information content (AvgIpc) is 3.05. The van der Waals surface area contributed by atoms with Crippen molar-refractivity contribution in [1.29, 1.82) is 0 Å². The Morgan fingerprint density at radius 1 is 1.21 bits per heavy atom. The molecule has 3 rings (SSSR count). The van der Waals surface area contributed by atoms with Crippen molar-refractivity contribution in [3.63, 3.8) is 0 Å². The van der Waals surface area contributed by atoms with Crippen LogP contribution in [0.5, 0.6) is 11.5 Å². The van der Waals surface area contributed by atoms with E-state index in [9.17, 15) is 13.6 Å². The number of nitrogens with zero attached hydrogens (tertiary/aromatic N) is 1. The highest BCUT2D eigenvalue weighted by atomic mass is 19.1. The molecule has 2 aromatic carbocycles. The number of nitrogens with one attached hydrogen (secondary N) is 1. The molecule has 0 fully saturated rings. The first-order chi connectivity index (χ1) is 13.4. The van der Waals surface area contributed by atoms with Crippen LogP contribution in [-0.2, 0) is 4.79 Å². The number of benzene rings is 2. The van der Waals surface area contributed by atoms with Gasteiger partial charge in [0, 0.05) is 18.6 Å². The van der Waals surface area contributed by atoms with Crippen LogP contribution in [0.1, 0.15) is 20.8 Å². The summed E-state index contributed by atoms with van der Waals surface area (Å²) in [5.74, 6) is -1.60. The number of fused-ring (bicyclic) bond motifs is 1. The molecule has 0 saturated carbocycles. The number of ether oxygens (including phenoxy) is 2. The summed E-state index contributed by atoms with van der Waals surface area (Å²) in [6, 6.07) is 7.09. The van der Waals surface area contributed by atoms with Crippen LogP contribution in [0.15, 0.2) is 34.7 Å². The minimum Gasteiger partial charge on any atom is -0.491 e. The predicted octanol–water partition coefficient (Wildman–Crippen LogP) is 4.08. The highest BCUT2D eigenvalue weighted by Crippen LogP contribution is 2.31. The number of oxazole rings is 1. The van der Waals surface area contributed by atoms with Gasteiger partial charge in [-0.3, -0.25) is 4.79 Å². The van der Waals surface area contributed by atoms with Crippen molar-refractivity contribution in [2.75, 3.05) is 13.2 Å². The van der Waals surface area contributed by atoms with E-state index in [1.807, 2.05) is 6.92 Å². The number of carbonyl (C=O) groups is 1. The largest absolute Gasteiger partial charge is 0.491 e. The molecule has 0 bridgehead atoms. The average molecular weight is 390 g/mol. The second-order valence-electron chi connectivity index (χ2n) is 6.26. The number of hydrogen-bond donors (Lipinski definition) is 1. The molecule has 1 N–H and O–H groups in total. The Hall–Kier alpha value is -3.16. The summed E-state index contributed by atoms with van der Waals surface area (Å²) in [4.78, 5) is 15.3. The van der Waals surface area contributed by atoms with E-state index in [1.165, 1.54) is 6.92 Å². The van der Waals surface area contributed by atoms with Crippen molar-refractivity contribution in [1.82, 2.24) is 10.3 Å². The van der Waals surface area contributed by atoms with Crippen molar-refractivity contribution in [2.45, 2.75) is 26.8 Å². The molecule has 8 heteroatoms. The Morgan fingerprint density at radius 2 is 1.93 bits per heavy atom. The molecule has 0 aliphatic heterocycles. The van der Waals surface area contributed by atoms with E-state index in [0.29, 0.717) is 16.8 Å². The van der Waals surface area contributed by atoms with Gasteiger partial charge in [-0.2, -0.15) is 0 Å². The summed E-state index contributed by atoms with van der Waals surface area (Å²) >= 11 is 0. The highest BCUT2D eigenvalue weighted by Gasteiger charge is 2.17. The molecule has 28 heavy (non-hydrogen) atoms. The Morgan fingerprint density at radius 3 is 2.57 bits per heavy atom. The summed E-state index contributed by atoms with van der Waals surface area (Å²) in [6.07, 6.45) is 0. The summed E-state index contributed by atoms with van der Waals surface area (Å²) in [5.41, 5.74) is 1.10. The van der Waals surface area contributed by atoms with Crippen LogP contribution < -0.4 is 14.8 Å². The Balaban J connectivity index is 1.82. The maximum Gasteiger partial charge on any atom is 0.227 e. The number of aromatic nitrogens is 1. The first-order valence-electron chi connectivity index (χ1n) is 8.80. The molecule has 1 heterocycles. The molecule has 1 aromatic heterocycles. The third-order valence-corrected chi connectivity index (χ3v) is 3.84. The van der Waals surface area contributed by atoms with Crippen LogP contribution in [-0.4, -0.2) is 30.1 Å². The second kappa shape index (κ2) is 8.24. The van der Waals surface area contributed by atoms with Crippen LogP contribution in [0, 0.1) is 11.6 Å². The van der Waals surface area contributed by atoms with Crippen molar-refractivity contribution < 1.29 is 27.5 Å². The van der Waals surface area contributed by atoms with Gasteiger partial charge in [0.1, 0.15) is 17.9 Å². The summed E-state index contributed by atoms with van der Waals surface area (Å²) in [6.45, 7) is 5.33. The molecule has 0 aliphatic rings. The van der Waals surface area contributed by atoms with Gasteiger partial charge < -0.3 is 19.2 Å². The molecule has 0 spiro atoms. The van der Waals surface area contributed by atoms with Gasteiger partial charge in [0.25, 0.3) is 0 Å². The smallest absolute Gasteiger partial charge is 0.227 e. The zero-order valence-electron chi connectivity index (χ0n) is 15.7. The number of hydrogen-bond acceptors (Lipinski definition) is 5. The molecular weight excluding hydrogens is 370 g/mol. The van der Waals surface area contributed by atoms with E-state index < -0.39 is 17.4 Å².